The van der Waals surface area contributed by atoms with Crippen LogP contribution in [0.2, 0.25) is 0 Å². The summed E-state index contributed by atoms with van der Waals surface area (Å²) in [6.45, 7) is 6.01. The van der Waals surface area contributed by atoms with Crippen LogP contribution in [0.3, 0.4) is 0 Å². The van der Waals surface area contributed by atoms with Gasteiger partial charge in [0.15, 0.2) is 6.54 Å². The average molecular weight is 298 g/mol. The molecule has 0 spiro atoms. The second-order valence-electron chi connectivity index (χ2n) is 5.17. The lowest BCUT2D eigenvalue weighted by Crippen LogP contribution is -3.16. The summed E-state index contributed by atoms with van der Waals surface area (Å²) in [5, 5.41) is 5.03. The number of nitrogens with two attached hydrogens (primary N) is 1. The van der Waals surface area contributed by atoms with Crippen LogP contribution in [-0.4, -0.2) is 43.7 Å². The summed E-state index contributed by atoms with van der Waals surface area (Å²) in [4.78, 5) is 24.4. The molecule has 2 rings (SSSR count). The molecular formula is C13H20N3O3S+. The molecule has 0 saturated carbocycles. The number of rotatable bonds is 4. The monoisotopic (exact) mass is 298 g/mol. The number of primary amides is 1. The molecule has 0 aliphatic carbocycles. The predicted molar refractivity (Wildman–Crippen MR) is 77.0 cm³/mol. The van der Waals surface area contributed by atoms with Crippen LogP contribution in [0.4, 0.5) is 5.00 Å². The van der Waals surface area contributed by atoms with E-state index in [1.807, 2.05) is 13.8 Å². The van der Waals surface area contributed by atoms with Crippen LogP contribution in [0.15, 0.2) is 11.4 Å². The highest BCUT2D eigenvalue weighted by atomic mass is 32.1. The Hall–Kier alpha value is -1.44. The van der Waals surface area contributed by atoms with Gasteiger partial charge in [-0.1, -0.05) is 0 Å². The first kappa shape index (κ1) is 15.0. The summed E-state index contributed by atoms with van der Waals surface area (Å²) in [5.41, 5.74) is 5.61. The van der Waals surface area contributed by atoms with Gasteiger partial charge in [-0.15, -0.1) is 11.3 Å². The van der Waals surface area contributed by atoms with Gasteiger partial charge < -0.3 is 20.7 Å². The van der Waals surface area contributed by atoms with Crippen molar-refractivity contribution >= 4 is 28.2 Å². The summed E-state index contributed by atoms with van der Waals surface area (Å²) >= 11 is 1.30. The first-order chi connectivity index (χ1) is 9.45. The number of thiophene rings is 1. The average Bonchev–Trinajstić information content (AvgIpc) is 2.75. The normalized spacial score (nSPS) is 26.2. The van der Waals surface area contributed by atoms with Crippen molar-refractivity contribution in [2.24, 2.45) is 5.73 Å². The van der Waals surface area contributed by atoms with Crippen molar-refractivity contribution in [1.29, 1.82) is 0 Å². The maximum atomic E-state index is 12.0. The molecule has 20 heavy (non-hydrogen) atoms. The fourth-order valence-corrected chi connectivity index (χ4v) is 3.34. The largest absolute Gasteiger partial charge is 0.366 e. The lowest BCUT2D eigenvalue weighted by molar-refractivity contribution is -0.907. The van der Waals surface area contributed by atoms with Crippen LogP contribution in [-0.2, 0) is 9.53 Å². The van der Waals surface area contributed by atoms with E-state index in [0.717, 1.165) is 13.1 Å². The third-order valence-electron chi connectivity index (χ3n) is 3.21. The van der Waals surface area contributed by atoms with Crippen molar-refractivity contribution in [1.82, 2.24) is 0 Å². The fraction of sp³-hybridized carbons (Fsp3) is 0.538. The molecule has 6 nitrogen and oxygen atoms in total. The maximum Gasteiger partial charge on any atom is 0.280 e. The Morgan fingerprint density at radius 2 is 2.10 bits per heavy atom. The van der Waals surface area contributed by atoms with Gasteiger partial charge in [0.1, 0.15) is 30.3 Å². The molecule has 1 fully saturated rings. The highest BCUT2D eigenvalue weighted by molar-refractivity contribution is 7.14. The van der Waals surface area contributed by atoms with Gasteiger partial charge in [0, 0.05) is 0 Å². The van der Waals surface area contributed by atoms with E-state index in [1.54, 1.807) is 11.4 Å². The number of hydrogen-bond acceptors (Lipinski definition) is 4. The number of carbonyl (C=O) groups is 2. The molecule has 2 amide bonds. The summed E-state index contributed by atoms with van der Waals surface area (Å²) < 4.78 is 5.64. The van der Waals surface area contributed by atoms with Gasteiger partial charge in [-0.2, -0.15) is 0 Å². The van der Waals surface area contributed by atoms with E-state index in [4.69, 9.17) is 10.5 Å². The van der Waals surface area contributed by atoms with Crippen molar-refractivity contribution < 1.29 is 19.2 Å². The van der Waals surface area contributed by atoms with E-state index in [-0.39, 0.29) is 18.1 Å². The van der Waals surface area contributed by atoms with Crippen LogP contribution in [0.25, 0.3) is 0 Å². The van der Waals surface area contributed by atoms with E-state index in [1.165, 1.54) is 16.2 Å². The van der Waals surface area contributed by atoms with Crippen LogP contribution in [0.5, 0.6) is 0 Å². The van der Waals surface area contributed by atoms with Gasteiger partial charge in [0.25, 0.3) is 11.8 Å². The van der Waals surface area contributed by atoms with Gasteiger partial charge >= 0.3 is 0 Å². The fourth-order valence-electron chi connectivity index (χ4n) is 2.53. The minimum absolute atomic E-state index is 0.105. The Balaban J connectivity index is 1.92. The van der Waals surface area contributed by atoms with E-state index in [2.05, 4.69) is 5.32 Å². The number of carbonyl (C=O) groups excluding carboxylic acids is 2. The molecule has 2 heterocycles. The standard InChI is InChI=1S/C13H19N3O3S/c1-8-5-16(6-9(2)19-8)7-11(17)15-13-10(12(14)18)3-4-20-13/h3-4,8-9H,5-7H2,1-2H3,(H2,14,18)(H,15,17)/p+1/t8-,9+. The molecule has 7 heteroatoms. The minimum atomic E-state index is -0.525. The molecule has 1 aromatic heterocycles. The summed E-state index contributed by atoms with van der Waals surface area (Å²) in [5.74, 6) is -0.631. The number of hydrogen-bond donors (Lipinski definition) is 3. The van der Waals surface area contributed by atoms with Crippen molar-refractivity contribution in [3.63, 3.8) is 0 Å². The zero-order valence-corrected chi connectivity index (χ0v) is 12.5. The molecule has 1 saturated heterocycles. The topological polar surface area (TPSA) is 85.9 Å². The molecule has 4 N–H and O–H groups in total. The van der Waals surface area contributed by atoms with Crippen molar-refractivity contribution in [2.45, 2.75) is 26.1 Å². The first-order valence-corrected chi connectivity index (χ1v) is 7.50. The van der Waals surface area contributed by atoms with Crippen LogP contribution >= 0.6 is 11.3 Å². The molecule has 1 unspecified atom stereocenters. The third-order valence-corrected chi connectivity index (χ3v) is 4.04. The molecule has 1 aliphatic heterocycles. The Morgan fingerprint density at radius 3 is 2.70 bits per heavy atom. The SMILES string of the molecule is C[C@@H]1C[NH+](CC(=O)Nc2sccc2C(N)=O)C[C@H](C)O1. The molecule has 0 bridgehead atoms. The van der Waals surface area contributed by atoms with Crippen LogP contribution < -0.4 is 16.0 Å². The summed E-state index contributed by atoms with van der Waals surface area (Å²) in [7, 11) is 0. The predicted octanol–water partition coefficient (Wildman–Crippen LogP) is -0.522. The highest BCUT2D eigenvalue weighted by Gasteiger charge is 2.27. The van der Waals surface area contributed by atoms with Crippen molar-refractivity contribution in [3.8, 4) is 0 Å². The summed E-state index contributed by atoms with van der Waals surface area (Å²) in [6, 6.07) is 1.62. The van der Waals surface area contributed by atoms with Crippen molar-refractivity contribution in [3.05, 3.63) is 17.0 Å². The number of morpholine rings is 1. The zero-order chi connectivity index (χ0) is 14.7. The Morgan fingerprint density at radius 1 is 1.45 bits per heavy atom. The lowest BCUT2D eigenvalue weighted by Gasteiger charge is -2.31. The van der Waals surface area contributed by atoms with E-state index in [0.29, 0.717) is 17.1 Å². The van der Waals surface area contributed by atoms with Crippen LogP contribution in [0.1, 0.15) is 24.2 Å². The lowest BCUT2D eigenvalue weighted by atomic mass is 10.2. The molecule has 1 aromatic rings. The van der Waals surface area contributed by atoms with Gasteiger partial charge in [-0.05, 0) is 25.3 Å². The number of nitrogens with one attached hydrogen (secondary N) is 2. The van der Waals surface area contributed by atoms with Gasteiger partial charge in [0.2, 0.25) is 0 Å². The van der Waals surface area contributed by atoms with E-state index < -0.39 is 5.91 Å². The second kappa shape index (κ2) is 6.34. The minimum Gasteiger partial charge on any atom is -0.366 e. The second-order valence-corrected chi connectivity index (χ2v) is 6.08. The molecule has 110 valence electrons. The Bertz CT molecular complexity index is 493. The molecular weight excluding hydrogens is 278 g/mol. The number of amides is 2. The highest BCUT2D eigenvalue weighted by Crippen LogP contribution is 2.22. The van der Waals surface area contributed by atoms with E-state index >= 15 is 0 Å². The van der Waals surface area contributed by atoms with Gasteiger partial charge in [-0.3, -0.25) is 9.59 Å². The summed E-state index contributed by atoms with van der Waals surface area (Å²) in [6.07, 6.45) is 0.314. The number of anilines is 1. The van der Waals surface area contributed by atoms with Gasteiger partial charge in [-0.25, -0.2) is 0 Å². The van der Waals surface area contributed by atoms with Gasteiger partial charge in [0.05, 0.1) is 5.56 Å². The smallest absolute Gasteiger partial charge is 0.280 e. The van der Waals surface area contributed by atoms with Crippen LogP contribution in [0, 0.1) is 0 Å². The number of ether oxygens (including phenoxy) is 1. The van der Waals surface area contributed by atoms with Crippen molar-refractivity contribution in [2.75, 3.05) is 25.0 Å². The third kappa shape index (κ3) is 3.78. The Kier molecular flexibility index (Phi) is 4.74. The maximum absolute atomic E-state index is 12.0. The van der Waals surface area contributed by atoms with E-state index in [9.17, 15) is 9.59 Å². The number of quaternary nitrogens is 1. The Labute approximate surface area is 121 Å². The molecule has 0 radical (unpaired) electrons. The zero-order valence-electron chi connectivity index (χ0n) is 11.6. The first-order valence-electron chi connectivity index (χ1n) is 6.62. The molecule has 3 atom stereocenters. The molecule has 0 aromatic carbocycles. The molecule has 1 aliphatic rings. The quantitative estimate of drug-likeness (QED) is 0.699.